The monoisotopic (exact) mass is 332 g/mol. The summed E-state index contributed by atoms with van der Waals surface area (Å²) in [5.41, 5.74) is 6.08. The maximum atomic E-state index is 12.6. The molecule has 2 rings (SSSR count). The second kappa shape index (κ2) is 6.96. The minimum absolute atomic E-state index is 0.0887. The molecular weight excluding hydrogens is 312 g/mol. The van der Waals surface area contributed by atoms with Crippen LogP contribution in [0.2, 0.25) is 5.02 Å². The van der Waals surface area contributed by atoms with Crippen molar-refractivity contribution in [1.82, 2.24) is 4.72 Å². The van der Waals surface area contributed by atoms with Crippen LogP contribution in [-0.2, 0) is 10.0 Å². The first-order valence-electron chi connectivity index (χ1n) is 7.05. The number of ether oxygens (including phenoxy) is 1. The van der Waals surface area contributed by atoms with Crippen LogP contribution in [0.5, 0.6) is 5.75 Å². The van der Waals surface area contributed by atoms with Crippen molar-refractivity contribution >= 4 is 21.6 Å². The fraction of sp³-hybridized carbons (Fsp3) is 0.571. The van der Waals surface area contributed by atoms with Gasteiger partial charge in [-0.05, 0) is 25.0 Å². The SMILES string of the molecule is COc1cc(Cl)ccc1S(=O)(=O)NC1CCCCCC1N. The summed E-state index contributed by atoms with van der Waals surface area (Å²) in [6.07, 6.45) is 4.72. The molecule has 1 aromatic carbocycles. The molecule has 21 heavy (non-hydrogen) atoms. The van der Waals surface area contributed by atoms with E-state index >= 15 is 0 Å². The number of benzene rings is 1. The van der Waals surface area contributed by atoms with E-state index in [-0.39, 0.29) is 22.7 Å². The van der Waals surface area contributed by atoms with E-state index < -0.39 is 10.0 Å². The molecule has 7 heteroatoms. The lowest BCUT2D eigenvalue weighted by molar-refractivity contribution is 0.400. The zero-order valence-corrected chi connectivity index (χ0v) is 13.6. The fourth-order valence-corrected chi connectivity index (χ4v) is 4.24. The molecule has 0 amide bonds. The number of methoxy groups -OCH3 is 1. The smallest absolute Gasteiger partial charge is 0.244 e. The van der Waals surface area contributed by atoms with Gasteiger partial charge >= 0.3 is 0 Å². The Morgan fingerprint density at radius 1 is 1.29 bits per heavy atom. The number of hydrogen-bond donors (Lipinski definition) is 2. The van der Waals surface area contributed by atoms with Crippen molar-refractivity contribution in [3.63, 3.8) is 0 Å². The molecule has 0 bridgehead atoms. The van der Waals surface area contributed by atoms with Gasteiger partial charge in [-0.1, -0.05) is 30.9 Å². The fourth-order valence-electron chi connectivity index (χ4n) is 2.61. The first kappa shape index (κ1) is 16.5. The molecule has 0 saturated heterocycles. The van der Waals surface area contributed by atoms with Crippen LogP contribution in [0.15, 0.2) is 23.1 Å². The van der Waals surface area contributed by atoms with Gasteiger partial charge in [0, 0.05) is 23.2 Å². The van der Waals surface area contributed by atoms with Crippen molar-refractivity contribution in [2.75, 3.05) is 7.11 Å². The van der Waals surface area contributed by atoms with Gasteiger partial charge in [-0.3, -0.25) is 0 Å². The van der Waals surface area contributed by atoms with Gasteiger partial charge < -0.3 is 10.5 Å². The van der Waals surface area contributed by atoms with Crippen LogP contribution in [0.25, 0.3) is 0 Å². The lowest BCUT2D eigenvalue weighted by Gasteiger charge is -2.23. The average Bonchev–Trinajstić information content (AvgIpc) is 2.63. The van der Waals surface area contributed by atoms with Crippen LogP contribution in [0.1, 0.15) is 32.1 Å². The number of nitrogens with one attached hydrogen (secondary N) is 1. The summed E-state index contributed by atoms with van der Waals surface area (Å²) in [7, 11) is -2.26. The van der Waals surface area contributed by atoms with Gasteiger partial charge in [0.05, 0.1) is 7.11 Å². The Morgan fingerprint density at radius 3 is 2.71 bits per heavy atom. The van der Waals surface area contributed by atoms with Crippen molar-refractivity contribution < 1.29 is 13.2 Å². The third-order valence-corrected chi connectivity index (χ3v) is 5.56. The number of rotatable bonds is 4. The Bertz CT molecular complexity index is 592. The molecule has 1 aromatic rings. The summed E-state index contributed by atoms with van der Waals surface area (Å²) in [5, 5.41) is 0.428. The lowest BCUT2D eigenvalue weighted by Crippen LogP contribution is -2.46. The van der Waals surface area contributed by atoms with Gasteiger partial charge in [0.25, 0.3) is 0 Å². The highest BCUT2D eigenvalue weighted by atomic mass is 35.5. The molecule has 1 aliphatic rings. The summed E-state index contributed by atoms with van der Waals surface area (Å²) in [5.74, 6) is 0.234. The van der Waals surface area contributed by atoms with Gasteiger partial charge in [-0.2, -0.15) is 0 Å². The first-order valence-corrected chi connectivity index (χ1v) is 8.91. The maximum absolute atomic E-state index is 12.6. The Kier molecular flexibility index (Phi) is 5.48. The van der Waals surface area contributed by atoms with Gasteiger partial charge in [-0.25, -0.2) is 13.1 Å². The third-order valence-electron chi connectivity index (χ3n) is 3.79. The first-order chi connectivity index (χ1) is 9.94. The molecule has 5 nitrogen and oxygen atoms in total. The summed E-state index contributed by atoms with van der Waals surface area (Å²) in [6, 6.07) is 4.08. The molecule has 0 spiro atoms. The van der Waals surface area contributed by atoms with Crippen LogP contribution in [-0.4, -0.2) is 27.6 Å². The van der Waals surface area contributed by atoms with Gasteiger partial charge in [0.2, 0.25) is 10.0 Å². The lowest BCUT2D eigenvalue weighted by atomic mass is 10.1. The molecule has 0 radical (unpaired) electrons. The number of sulfonamides is 1. The van der Waals surface area contributed by atoms with Crippen molar-refractivity contribution in [2.24, 2.45) is 5.73 Å². The van der Waals surface area contributed by atoms with Crippen LogP contribution < -0.4 is 15.2 Å². The summed E-state index contributed by atoms with van der Waals surface area (Å²) < 4.78 is 33.0. The van der Waals surface area contributed by atoms with E-state index in [1.54, 1.807) is 0 Å². The molecule has 1 fully saturated rings. The number of halogens is 1. The zero-order valence-electron chi connectivity index (χ0n) is 12.0. The molecule has 0 aliphatic heterocycles. The average molecular weight is 333 g/mol. The molecule has 0 heterocycles. The summed E-state index contributed by atoms with van der Waals surface area (Å²) in [4.78, 5) is 0.0887. The largest absolute Gasteiger partial charge is 0.495 e. The minimum atomic E-state index is -3.68. The molecule has 2 atom stereocenters. The topological polar surface area (TPSA) is 81.4 Å². The highest BCUT2D eigenvalue weighted by Gasteiger charge is 2.28. The van der Waals surface area contributed by atoms with Crippen molar-refractivity contribution in [3.05, 3.63) is 23.2 Å². The molecule has 2 unspecified atom stereocenters. The van der Waals surface area contributed by atoms with E-state index in [1.165, 1.54) is 25.3 Å². The molecule has 1 aliphatic carbocycles. The molecule has 3 N–H and O–H groups in total. The van der Waals surface area contributed by atoms with Crippen molar-refractivity contribution in [1.29, 1.82) is 0 Å². The second-order valence-electron chi connectivity index (χ2n) is 5.32. The van der Waals surface area contributed by atoms with Gasteiger partial charge in [0.1, 0.15) is 10.6 Å². The summed E-state index contributed by atoms with van der Waals surface area (Å²) in [6.45, 7) is 0. The third kappa shape index (κ3) is 4.10. The van der Waals surface area contributed by atoms with E-state index in [1.807, 2.05) is 0 Å². The zero-order chi connectivity index (χ0) is 15.5. The van der Waals surface area contributed by atoms with Crippen molar-refractivity contribution in [2.45, 2.75) is 49.1 Å². The normalized spacial score (nSPS) is 23.6. The van der Waals surface area contributed by atoms with E-state index in [2.05, 4.69) is 4.72 Å². The Labute approximate surface area is 130 Å². The van der Waals surface area contributed by atoms with E-state index in [9.17, 15) is 8.42 Å². The van der Waals surface area contributed by atoms with E-state index in [0.717, 1.165) is 32.1 Å². The molecule has 0 aromatic heterocycles. The predicted molar refractivity (Wildman–Crippen MR) is 83.2 cm³/mol. The summed E-state index contributed by atoms with van der Waals surface area (Å²) >= 11 is 5.87. The highest BCUT2D eigenvalue weighted by molar-refractivity contribution is 7.89. The second-order valence-corrected chi connectivity index (χ2v) is 7.44. The van der Waals surface area contributed by atoms with Crippen LogP contribution in [0.3, 0.4) is 0 Å². The van der Waals surface area contributed by atoms with Crippen molar-refractivity contribution in [3.8, 4) is 5.75 Å². The van der Waals surface area contributed by atoms with Crippen LogP contribution in [0.4, 0.5) is 0 Å². The molecule has 118 valence electrons. The Balaban J connectivity index is 2.25. The molecular formula is C14H21ClN2O3S. The Morgan fingerprint density at radius 2 is 2.00 bits per heavy atom. The number of nitrogens with two attached hydrogens (primary N) is 1. The number of hydrogen-bond acceptors (Lipinski definition) is 4. The minimum Gasteiger partial charge on any atom is -0.495 e. The predicted octanol–water partition coefficient (Wildman–Crippen LogP) is 2.29. The highest BCUT2D eigenvalue weighted by Crippen LogP contribution is 2.28. The van der Waals surface area contributed by atoms with Gasteiger partial charge in [-0.15, -0.1) is 0 Å². The van der Waals surface area contributed by atoms with Gasteiger partial charge in [0.15, 0.2) is 0 Å². The molecule has 1 saturated carbocycles. The van der Waals surface area contributed by atoms with E-state index in [0.29, 0.717) is 5.02 Å². The van der Waals surface area contributed by atoms with E-state index in [4.69, 9.17) is 22.1 Å². The van der Waals surface area contributed by atoms with Crippen LogP contribution >= 0.6 is 11.6 Å². The van der Waals surface area contributed by atoms with Crippen LogP contribution in [0, 0.1) is 0 Å². The Hall–Kier alpha value is -0.820. The standard InChI is InChI=1S/C14H21ClN2O3S/c1-20-13-9-10(15)7-8-14(13)21(18,19)17-12-6-4-2-3-5-11(12)16/h7-9,11-12,17H,2-6,16H2,1H3. The maximum Gasteiger partial charge on any atom is 0.244 e. The quantitative estimate of drug-likeness (QED) is 0.829.